The molecule has 1 aromatic heterocycles. The number of benzene rings is 3. The van der Waals surface area contributed by atoms with Gasteiger partial charge in [0.1, 0.15) is 22.9 Å². The van der Waals surface area contributed by atoms with Gasteiger partial charge in [0, 0.05) is 28.1 Å². The Hall–Kier alpha value is -3.32. The van der Waals surface area contributed by atoms with Gasteiger partial charge in [-0.1, -0.05) is 24.3 Å². The van der Waals surface area contributed by atoms with Gasteiger partial charge >= 0.3 is 0 Å². The first-order chi connectivity index (χ1) is 15.1. The van der Waals surface area contributed by atoms with Crippen LogP contribution in [0.4, 0.5) is 8.78 Å². The number of methoxy groups -OCH3 is 1. The molecular formula is C24H20F2N2O2S. The molecule has 4 rings (SSSR count). The first-order valence-corrected chi connectivity index (χ1v) is 10.7. The van der Waals surface area contributed by atoms with E-state index >= 15 is 0 Å². The maximum Gasteiger partial charge on any atom is 0.257 e. The minimum absolute atomic E-state index is 0.263. The van der Waals surface area contributed by atoms with Crippen molar-refractivity contribution in [2.75, 3.05) is 19.4 Å². The number of hydrogen-bond donors (Lipinski definition) is 2. The van der Waals surface area contributed by atoms with Gasteiger partial charge in [-0.05, 0) is 48.0 Å². The molecule has 0 atom stereocenters. The van der Waals surface area contributed by atoms with Crippen LogP contribution in [0.25, 0.3) is 22.2 Å². The van der Waals surface area contributed by atoms with Crippen molar-refractivity contribution < 1.29 is 18.3 Å². The Balaban J connectivity index is 1.51. The third kappa shape index (κ3) is 4.41. The summed E-state index contributed by atoms with van der Waals surface area (Å²) in [5.41, 5.74) is 2.43. The van der Waals surface area contributed by atoms with Crippen molar-refractivity contribution in [3.8, 4) is 17.0 Å². The van der Waals surface area contributed by atoms with Crippen molar-refractivity contribution in [2.24, 2.45) is 0 Å². The van der Waals surface area contributed by atoms with Crippen LogP contribution in [0.1, 0.15) is 10.4 Å². The second-order valence-corrected chi connectivity index (χ2v) is 7.91. The SMILES string of the molecule is COc1ccc(-c2[nH]c3ccccc3c2SCCNC(=O)c2c(F)cccc2F)cc1. The van der Waals surface area contributed by atoms with Gasteiger partial charge < -0.3 is 15.0 Å². The molecule has 0 bridgehead atoms. The predicted octanol–water partition coefficient (Wildman–Crippen LogP) is 5.64. The molecule has 3 aromatic carbocycles. The molecule has 0 saturated heterocycles. The molecule has 0 fully saturated rings. The number of H-pyrrole nitrogens is 1. The first-order valence-electron chi connectivity index (χ1n) is 9.68. The molecule has 2 N–H and O–H groups in total. The van der Waals surface area contributed by atoms with Crippen molar-refractivity contribution in [3.63, 3.8) is 0 Å². The fourth-order valence-electron chi connectivity index (χ4n) is 3.35. The Morgan fingerprint density at radius 1 is 1.00 bits per heavy atom. The lowest BCUT2D eigenvalue weighted by Crippen LogP contribution is -2.27. The summed E-state index contributed by atoms with van der Waals surface area (Å²) in [5, 5.41) is 3.67. The lowest BCUT2D eigenvalue weighted by atomic mass is 10.1. The number of amides is 1. The Bertz CT molecular complexity index is 1200. The number of ether oxygens (including phenoxy) is 1. The minimum atomic E-state index is -0.872. The lowest BCUT2D eigenvalue weighted by molar-refractivity contribution is 0.0947. The Morgan fingerprint density at radius 3 is 2.42 bits per heavy atom. The Kier molecular flexibility index (Phi) is 6.23. The zero-order valence-corrected chi connectivity index (χ0v) is 17.6. The molecule has 4 nitrogen and oxygen atoms in total. The van der Waals surface area contributed by atoms with Crippen molar-refractivity contribution in [2.45, 2.75) is 4.90 Å². The summed E-state index contributed by atoms with van der Waals surface area (Å²) in [6.45, 7) is 0.263. The Labute approximate surface area is 182 Å². The van der Waals surface area contributed by atoms with Crippen LogP contribution in [-0.2, 0) is 0 Å². The maximum absolute atomic E-state index is 13.8. The van der Waals surface area contributed by atoms with Gasteiger partial charge in [-0.15, -0.1) is 11.8 Å². The van der Waals surface area contributed by atoms with E-state index in [0.717, 1.165) is 44.9 Å². The number of thioether (sulfide) groups is 1. The molecule has 0 aliphatic rings. The molecule has 1 amide bonds. The monoisotopic (exact) mass is 438 g/mol. The van der Waals surface area contributed by atoms with E-state index in [1.165, 1.54) is 6.07 Å². The number of hydrogen-bond acceptors (Lipinski definition) is 3. The summed E-state index contributed by atoms with van der Waals surface area (Å²) in [4.78, 5) is 16.7. The number of carbonyl (C=O) groups excluding carboxylic acids is 1. The van der Waals surface area contributed by atoms with E-state index in [0.29, 0.717) is 5.75 Å². The molecule has 158 valence electrons. The highest BCUT2D eigenvalue weighted by Crippen LogP contribution is 2.38. The topological polar surface area (TPSA) is 54.1 Å². The van der Waals surface area contributed by atoms with Crippen molar-refractivity contribution in [1.29, 1.82) is 0 Å². The van der Waals surface area contributed by atoms with Crippen LogP contribution < -0.4 is 10.1 Å². The lowest BCUT2D eigenvalue weighted by Gasteiger charge is -2.08. The van der Waals surface area contributed by atoms with E-state index in [1.54, 1.807) is 18.9 Å². The smallest absolute Gasteiger partial charge is 0.257 e. The van der Waals surface area contributed by atoms with Gasteiger partial charge in [0.15, 0.2) is 0 Å². The number of carbonyl (C=O) groups is 1. The normalized spacial score (nSPS) is 10.9. The summed E-state index contributed by atoms with van der Waals surface area (Å²) in [6.07, 6.45) is 0. The molecule has 0 saturated carbocycles. The zero-order valence-electron chi connectivity index (χ0n) is 16.7. The van der Waals surface area contributed by atoms with Crippen LogP contribution >= 0.6 is 11.8 Å². The standard InChI is InChI=1S/C24H20F2N2O2S/c1-30-16-11-9-15(10-12-16)22-23(17-5-2-3-8-20(17)28-22)31-14-13-27-24(29)21-18(25)6-4-7-19(21)26/h2-12,28H,13-14H2,1H3,(H,27,29). The van der Waals surface area contributed by atoms with Gasteiger partial charge in [0.25, 0.3) is 5.91 Å². The molecule has 0 aliphatic heterocycles. The third-order valence-corrected chi connectivity index (χ3v) is 5.98. The van der Waals surface area contributed by atoms with Crippen molar-refractivity contribution in [1.82, 2.24) is 10.3 Å². The average Bonchev–Trinajstić information content (AvgIpc) is 3.15. The molecule has 4 aromatic rings. The van der Waals surface area contributed by atoms with E-state index < -0.39 is 23.1 Å². The van der Waals surface area contributed by atoms with Gasteiger partial charge in [-0.2, -0.15) is 0 Å². The second kappa shape index (κ2) is 9.22. The summed E-state index contributed by atoms with van der Waals surface area (Å²) in [7, 11) is 1.63. The molecule has 0 unspecified atom stereocenters. The van der Waals surface area contributed by atoms with E-state index in [-0.39, 0.29) is 6.54 Å². The second-order valence-electron chi connectivity index (χ2n) is 6.80. The van der Waals surface area contributed by atoms with Crippen LogP contribution in [-0.4, -0.2) is 30.3 Å². The highest BCUT2D eigenvalue weighted by atomic mass is 32.2. The highest BCUT2D eigenvalue weighted by molar-refractivity contribution is 7.99. The number of halogens is 2. The number of fused-ring (bicyclic) bond motifs is 1. The minimum Gasteiger partial charge on any atom is -0.497 e. The number of aromatic nitrogens is 1. The summed E-state index contributed by atoms with van der Waals surface area (Å²) >= 11 is 1.57. The summed E-state index contributed by atoms with van der Waals surface area (Å²) < 4.78 is 32.8. The highest BCUT2D eigenvalue weighted by Gasteiger charge is 2.17. The fraction of sp³-hybridized carbons (Fsp3) is 0.125. The predicted molar refractivity (Wildman–Crippen MR) is 120 cm³/mol. The largest absolute Gasteiger partial charge is 0.497 e. The van der Waals surface area contributed by atoms with Crippen LogP contribution in [0.2, 0.25) is 0 Å². The first kappa shape index (κ1) is 20.9. The number of rotatable bonds is 7. The average molecular weight is 438 g/mol. The molecular weight excluding hydrogens is 418 g/mol. The van der Waals surface area contributed by atoms with Crippen LogP contribution in [0, 0.1) is 11.6 Å². The number of aromatic amines is 1. The van der Waals surface area contributed by atoms with E-state index in [9.17, 15) is 13.6 Å². The van der Waals surface area contributed by atoms with Gasteiger partial charge in [0.05, 0.1) is 12.8 Å². The Morgan fingerprint density at radius 2 is 1.71 bits per heavy atom. The molecule has 0 spiro atoms. The third-order valence-electron chi connectivity index (χ3n) is 4.86. The molecule has 7 heteroatoms. The zero-order chi connectivity index (χ0) is 21.8. The quantitative estimate of drug-likeness (QED) is 0.290. The summed E-state index contributed by atoms with van der Waals surface area (Å²) in [6, 6.07) is 19.1. The van der Waals surface area contributed by atoms with Crippen molar-refractivity contribution in [3.05, 3.63) is 83.9 Å². The molecule has 0 aliphatic carbocycles. The van der Waals surface area contributed by atoms with Crippen molar-refractivity contribution >= 4 is 28.6 Å². The van der Waals surface area contributed by atoms with Crippen LogP contribution in [0.15, 0.2) is 71.6 Å². The molecule has 1 heterocycles. The van der Waals surface area contributed by atoms with E-state index in [4.69, 9.17) is 4.74 Å². The van der Waals surface area contributed by atoms with Gasteiger partial charge in [-0.25, -0.2) is 8.78 Å². The van der Waals surface area contributed by atoms with E-state index in [2.05, 4.69) is 10.3 Å². The van der Waals surface area contributed by atoms with Gasteiger partial charge in [-0.3, -0.25) is 4.79 Å². The number of nitrogens with one attached hydrogen (secondary N) is 2. The number of para-hydroxylation sites is 1. The fourth-order valence-corrected chi connectivity index (χ4v) is 4.40. The van der Waals surface area contributed by atoms with Gasteiger partial charge in [0.2, 0.25) is 0 Å². The van der Waals surface area contributed by atoms with Crippen LogP contribution in [0.5, 0.6) is 5.75 Å². The van der Waals surface area contributed by atoms with Crippen LogP contribution in [0.3, 0.4) is 0 Å². The maximum atomic E-state index is 13.8. The summed E-state index contributed by atoms with van der Waals surface area (Å²) in [5.74, 6) is -1.19. The van der Waals surface area contributed by atoms with E-state index in [1.807, 2.05) is 48.5 Å². The molecule has 31 heavy (non-hydrogen) atoms. The molecule has 0 radical (unpaired) electrons.